The number of hydrogen-bond donors (Lipinski definition) is 1. The second-order valence-corrected chi connectivity index (χ2v) is 5.57. The molecule has 0 heterocycles. The summed E-state index contributed by atoms with van der Waals surface area (Å²) in [6, 6.07) is 7.58. The van der Waals surface area contributed by atoms with Crippen LogP contribution < -0.4 is 5.32 Å². The Morgan fingerprint density at radius 2 is 1.63 bits per heavy atom. The summed E-state index contributed by atoms with van der Waals surface area (Å²) in [4.78, 5) is 23.4. The number of Topliss-reactive ketones (excluding diaryl/α,β-unsaturated/α-hetero) is 1. The maximum absolute atomic E-state index is 11.9. The molecular weight excluding hydrogens is 238 g/mol. The van der Waals surface area contributed by atoms with Gasteiger partial charge in [-0.15, -0.1) is 0 Å². The van der Waals surface area contributed by atoms with E-state index < -0.39 is 0 Å². The van der Waals surface area contributed by atoms with Gasteiger partial charge in [-0.2, -0.15) is 0 Å². The SMILES string of the molecule is CC(C)CC(=O)NCC(=O)c1ccc(C(C)C)cc1. The Labute approximate surface area is 115 Å². The molecule has 0 unspecified atom stereocenters. The minimum atomic E-state index is -0.0675. The van der Waals surface area contributed by atoms with Gasteiger partial charge < -0.3 is 5.32 Å². The zero-order chi connectivity index (χ0) is 14.4. The molecule has 0 aliphatic rings. The minimum Gasteiger partial charge on any atom is -0.349 e. The van der Waals surface area contributed by atoms with Crippen molar-refractivity contribution >= 4 is 11.7 Å². The lowest BCUT2D eigenvalue weighted by Crippen LogP contribution is -2.30. The van der Waals surface area contributed by atoms with Crippen LogP contribution in [0.2, 0.25) is 0 Å². The molecule has 0 bridgehead atoms. The zero-order valence-corrected chi connectivity index (χ0v) is 12.2. The largest absolute Gasteiger partial charge is 0.349 e. The van der Waals surface area contributed by atoms with Crippen LogP contribution in [0.3, 0.4) is 0 Å². The molecule has 3 nitrogen and oxygen atoms in total. The van der Waals surface area contributed by atoms with Gasteiger partial charge in [-0.25, -0.2) is 0 Å². The number of benzene rings is 1. The van der Waals surface area contributed by atoms with Crippen LogP contribution in [-0.2, 0) is 4.79 Å². The number of amides is 1. The minimum absolute atomic E-state index is 0.0487. The van der Waals surface area contributed by atoms with Crippen molar-refractivity contribution in [2.45, 2.75) is 40.0 Å². The molecule has 3 heteroatoms. The molecule has 104 valence electrons. The summed E-state index contributed by atoms with van der Waals surface area (Å²) in [5.41, 5.74) is 1.86. The molecule has 1 aromatic rings. The van der Waals surface area contributed by atoms with Gasteiger partial charge in [0.25, 0.3) is 0 Å². The predicted octanol–water partition coefficient (Wildman–Crippen LogP) is 3.16. The first-order chi connectivity index (χ1) is 8.90. The highest BCUT2D eigenvalue weighted by Gasteiger charge is 2.09. The molecule has 0 aromatic heterocycles. The van der Waals surface area contributed by atoms with E-state index in [0.717, 1.165) is 0 Å². The van der Waals surface area contributed by atoms with Crippen molar-refractivity contribution in [2.75, 3.05) is 6.54 Å². The fraction of sp³-hybridized carbons (Fsp3) is 0.500. The Kier molecular flexibility index (Phi) is 5.74. The Morgan fingerprint density at radius 1 is 1.05 bits per heavy atom. The van der Waals surface area contributed by atoms with Gasteiger partial charge in [0.05, 0.1) is 6.54 Å². The van der Waals surface area contributed by atoms with Crippen LogP contribution in [0.1, 0.15) is 56.0 Å². The molecule has 0 aliphatic heterocycles. The van der Waals surface area contributed by atoms with Gasteiger partial charge in [-0.1, -0.05) is 52.0 Å². The van der Waals surface area contributed by atoms with E-state index in [-0.39, 0.29) is 18.2 Å². The van der Waals surface area contributed by atoms with Crippen molar-refractivity contribution in [1.29, 1.82) is 0 Å². The van der Waals surface area contributed by atoms with E-state index in [2.05, 4.69) is 19.2 Å². The Hall–Kier alpha value is -1.64. The quantitative estimate of drug-likeness (QED) is 0.800. The van der Waals surface area contributed by atoms with Crippen molar-refractivity contribution in [2.24, 2.45) is 5.92 Å². The average molecular weight is 261 g/mol. The maximum Gasteiger partial charge on any atom is 0.220 e. The molecular formula is C16H23NO2. The molecule has 19 heavy (non-hydrogen) atoms. The highest BCUT2D eigenvalue weighted by atomic mass is 16.2. The Bertz CT molecular complexity index is 433. The smallest absolute Gasteiger partial charge is 0.220 e. The van der Waals surface area contributed by atoms with Crippen LogP contribution in [0.4, 0.5) is 0 Å². The van der Waals surface area contributed by atoms with E-state index in [1.54, 1.807) is 0 Å². The third kappa shape index (κ3) is 5.25. The van der Waals surface area contributed by atoms with Crippen molar-refractivity contribution in [1.82, 2.24) is 5.32 Å². The van der Waals surface area contributed by atoms with E-state index in [0.29, 0.717) is 23.8 Å². The van der Waals surface area contributed by atoms with Gasteiger partial charge in [0.2, 0.25) is 5.91 Å². The third-order valence-electron chi connectivity index (χ3n) is 2.94. The number of ketones is 1. The number of rotatable bonds is 6. The normalized spacial score (nSPS) is 10.8. The molecule has 0 spiro atoms. The van der Waals surface area contributed by atoms with Gasteiger partial charge in [-0.3, -0.25) is 9.59 Å². The van der Waals surface area contributed by atoms with Crippen LogP contribution in [0.5, 0.6) is 0 Å². The Balaban J connectivity index is 2.52. The van der Waals surface area contributed by atoms with Crippen LogP contribution in [0.15, 0.2) is 24.3 Å². The monoisotopic (exact) mass is 261 g/mol. The van der Waals surface area contributed by atoms with Crippen molar-refractivity contribution < 1.29 is 9.59 Å². The molecule has 0 saturated carbocycles. The summed E-state index contributed by atoms with van der Waals surface area (Å²) >= 11 is 0. The highest BCUT2D eigenvalue weighted by Crippen LogP contribution is 2.14. The summed E-state index contributed by atoms with van der Waals surface area (Å²) < 4.78 is 0. The van der Waals surface area contributed by atoms with Crippen molar-refractivity contribution in [3.63, 3.8) is 0 Å². The van der Waals surface area contributed by atoms with E-state index in [1.807, 2.05) is 38.1 Å². The fourth-order valence-electron chi connectivity index (χ4n) is 1.78. The summed E-state index contributed by atoms with van der Waals surface area (Å²) in [5.74, 6) is 0.643. The first-order valence-corrected chi connectivity index (χ1v) is 6.80. The summed E-state index contributed by atoms with van der Waals surface area (Å²) in [6.45, 7) is 8.26. The second kappa shape index (κ2) is 7.07. The molecule has 0 aliphatic carbocycles. The van der Waals surface area contributed by atoms with Crippen LogP contribution in [0.25, 0.3) is 0 Å². The second-order valence-electron chi connectivity index (χ2n) is 5.57. The van der Waals surface area contributed by atoms with Crippen LogP contribution >= 0.6 is 0 Å². The molecule has 0 saturated heterocycles. The number of nitrogens with one attached hydrogen (secondary N) is 1. The molecule has 0 fully saturated rings. The molecule has 0 radical (unpaired) electrons. The molecule has 1 amide bonds. The summed E-state index contributed by atoms with van der Waals surface area (Å²) in [5, 5.41) is 2.66. The van der Waals surface area contributed by atoms with Crippen molar-refractivity contribution in [3.05, 3.63) is 35.4 Å². The first kappa shape index (κ1) is 15.4. The number of hydrogen-bond acceptors (Lipinski definition) is 2. The third-order valence-corrected chi connectivity index (χ3v) is 2.94. The Morgan fingerprint density at radius 3 is 2.11 bits per heavy atom. The maximum atomic E-state index is 11.9. The van der Waals surface area contributed by atoms with E-state index in [9.17, 15) is 9.59 Å². The predicted molar refractivity (Wildman–Crippen MR) is 77.3 cm³/mol. The van der Waals surface area contributed by atoms with Gasteiger partial charge in [0, 0.05) is 12.0 Å². The molecule has 1 rings (SSSR count). The van der Waals surface area contributed by atoms with Gasteiger partial charge in [-0.05, 0) is 17.4 Å². The zero-order valence-electron chi connectivity index (χ0n) is 12.2. The van der Waals surface area contributed by atoms with E-state index >= 15 is 0 Å². The van der Waals surface area contributed by atoms with Gasteiger partial charge in [0.1, 0.15) is 0 Å². The lowest BCUT2D eigenvalue weighted by molar-refractivity contribution is -0.121. The molecule has 0 atom stereocenters. The average Bonchev–Trinajstić information content (AvgIpc) is 2.35. The van der Waals surface area contributed by atoms with Crippen LogP contribution in [0, 0.1) is 5.92 Å². The van der Waals surface area contributed by atoms with E-state index in [1.165, 1.54) is 5.56 Å². The highest BCUT2D eigenvalue weighted by molar-refractivity contribution is 5.99. The van der Waals surface area contributed by atoms with Gasteiger partial charge >= 0.3 is 0 Å². The van der Waals surface area contributed by atoms with Crippen LogP contribution in [-0.4, -0.2) is 18.2 Å². The molecule has 1 aromatic carbocycles. The lowest BCUT2D eigenvalue weighted by Gasteiger charge is -2.08. The standard InChI is InChI=1S/C16H23NO2/c1-11(2)9-16(19)17-10-15(18)14-7-5-13(6-8-14)12(3)4/h5-8,11-12H,9-10H2,1-4H3,(H,17,19). The molecule has 1 N–H and O–H groups in total. The van der Waals surface area contributed by atoms with E-state index in [4.69, 9.17) is 0 Å². The number of carbonyl (C=O) groups excluding carboxylic acids is 2. The lowest BCUT2D eigenvalue weighted by atomic mass is 10.0. The summed E-state index contributed by atoms with van der Waals surface area (Å²) in [6.07, 6.45) is 0.458. The number of carbonyl (C=O) groups is 2. The van der Waals surface area contributed by atoms with Crippen molar-refractivity contribution in [3.8, 4) is 0 Å². The fourth-order valence-corrected chi connectivity index (χ4v) is 1.78. The topological polar surface area (TPSA) is 46.2 Å². The van der Waals surface area contributed by atoms with Gasteiger partial charge in [0.15, 0.2) is 5.78 Å². The summed E-state index contributed by atoms with van der Waals surface area (Å²) in [7, 11) is 0. The first-order valence-electron chi connectivity index (χ1n) is 6.80.